The van der Waals surface area contributed by atoms with E-state index in [-0.39, 0.29) is 18.4 Å². The van der Waals surface area contributed by atoms with Crippen LogP contribution in [0.3, 0.4) is 0 Å². The van der Waals surface area contributed by atoms with Gasteiger partial charge in [0.25, 0.3) is 0 Å². The molecular weight excluding hydrogens is 256 g/mol. The van der Waals surface area contributed by atoms with Crippen LogP contribution in [0.15, 0.2) is 12.2 Å². The first-order chi connectivity index (χ1) is 9.66. The normalized spacial score (nSPS) is 24.4. The molecule has 0 N–H and O–H groups in total. The summed E-state index contributed by atoms with van der Waals surface area (Å²) in [5.41, 5.74) is -0.627. The van der Waals surface area contributed by atoms with E-state index < -0.39 is 5.41 Å². The van der Waals surface area contributed by atoms with Crippen LogP contribution in [-0.2, 0) is 19.1 Å². The standard InChI is InChI=1S/C16H24O4/c1-19-15(18)16(9-5-6-10-16)11-14(17)20-12-13-7-3-2-4-8-13/h2-3,13H,4-12H2,1H3. The highest BCUT2D eigenvalue weighted by Crippen LogP contribution is 2.42. The molecule has 112 valence electrons. The number of hydrogen-bond donors (Lipinski definition) is 0. The van der Waals surface area contributed by atoms with Gasteiger partial charge in [0.1, 0.15) is 0 Å². The molecule has 1 saturated carbocycles. The monoisotopic (exact) mass is 280 g/mol. The van der Waals surface area contributed by atoms with Crippen molar-refractivity contribution >= 4 is 11.9 Å². The van der Waals surface area contributed by atoms with Gasteiger partial charge in [-0.15, -0.1) is 0 Å². The van der Waals surface area contributed by atoms with Crippen LogP contribution in [0.2, 0.25) is 0 Å². The van der Waals surface area contributed by atoms with Gasteiger partial charge < -0.3 is 9.47 Å². The number of esters is 2. The fourth-order valence-electron chi connectivity index (χ4n) is 3.27. The van der Waals surface area contributed by atoms with Crippen molar-refractivity contribution in [2.75, 3.05) is 13.7 Å². The molecule has 2 aliphatic carbocycles. The van der Waals surface area contributed by atoms with Gasteiger partial charge >= 0.3 is 11.9 Å². The Hall–Kier alpha value is -1.32. The molecule has 1 atom stereocenters. The van der Waals surface area contributed by atoms with Crippen LogP contribution in [0, 0.1) is 11.3 Å². The molecule has 1 unspecified atom stereocenters. The summed E-state index contributed by atoms with van der Waals surface area (Å²) < 4.78 is 10.3. The lowest BCUT2D eigenvalue weighted by molar-refractivity contribution is -0.161. The van der Waals surface area contributed by atoms with E-state index in [1.54, 1.807) is 0 Å². The van der Waals surface area contributed by atoms with Crippen molar-refractivity contribution in [3.8, 4) is 0 Å². The summed E-state index contributed by atoms with van der Waals surface area (Å²) in [4.78, 5) is 24.0. The van der Waals surface area contributed by atoms with Gasteiger partial charge in [0, 0.05) is 0 Å². The van der Waals surface area contributed by atoms with E-state index in [9.17, 15) is 9.59 Å². The van der Waals surface area contributed by atoms with E-state index in [0.717, 1.165) is 44.9 Å². The highest BCUT2D eigenvalue weighted by atomic mass is 16.5. The fraction of sp³-hybridized carbons (Fsp3) is 0.750. The van der Waals surface area contributed by atoms with Crippen molar-refractivity contribution in [1.29, 1.82) is 0 Å². The molecule has 0 aliphatic heterocycles. The first-order valence-corrected chi connectivity index (χ1v) is 7.55. The molecule has 4 nitrogen and oxygen atoms in total. The minimum Gasteiger partial charge on any atom is -0.469 e. The molecule has 0 radical (unpaired) electrons. The Balaban J connectivity index is 1.82. The lowest BCUT2D eigenvalue weighted by Gasteiger charge is -2.25. The third kappa shape index (κ3) is 3.62. The number of methoxy groups -OCH3 is 1. The molecule has 0 bridgehead atoms. The summed E-state index contributed by atoms with van der Waals surface area (Å²) in [7, 11) is 1.39. The maximum atomic E-state index is 12.0. The Morgan fingerprint density at radius 2 is 2.00 bits per heavy atom. The first-order valence-electron chi connectivity index (χ1n) is 7.55. The molecule has 0 aromatic rings. The van der Waals surface area contributed by atoms with Crippen LogP contribution < -0.4 is 0 Å². The third-order valence-corrected chi connectivity index (χ3v) is 4.52. The molecule has 0 saturated heterocycles. The summed E-state index contributed by atoms with van der Waals surface area (Å²) in [6, 6.07) is 0. The van der Waals surface area contributed by atoms with E-state index >= 15 is 0 Å². The second-order valence-corrected chi connectivity index (χ2v) is 5.99. The van der Waals surface area contributed by atoms with E-state index in [2.05, 4.69) is 12.2 Å². The molecule has 2 aliphatic rings. The average molecular weight is 280 g/mol. The minimum absolute atomic E-state index is 0.169. The zero-order valence-corrected chi connectivity index (χ0v) is 12.2. The largest absolute Gasteiger partial charge is 0.469 e. The van der Waals surface area contributed by atoms with Crippen molar-refractivity contribution in [2.45, 2.75) is 51.4 Å². The number of allylic oxidation sites excluding steroid dienone is 2. The van der Waals surface area contributed by atoms with Gasteiger partial charge in [0.15, 0.2) is 0 Å². The number of carbonyl (C=O) groups is 2. The maximum absolute atomic E-state index is 12.0. The van der Waals surface area contributed by atoms with Gasteiger partial charge in [-0.2, -0.15) is 0 Å². The van der Waals surface area contributed by atoms with Gasteiger partial charge in [0.2, 0.25) is 0 Å². The Morgan fingerprint density at radius 1 is 1.25 bits per heavy atom. The lowest BCUT2D eigenvalue weighted by atomic mass is 9.83. The van der Waals surface area contributed by atoms with E-state index in [4.69, 9.17) is 9.47 Å². The molecule has 20 heavy (non-hydrogen) atoms. The second-order valence-electron chi connectivity index (χ2n) is 5.99. The zero-order valence-electron chi connectivity index (χ0n) is 12.2. The fourth-order valence-corrected chi connectivity index (χ4v) is 3.27. The Bertz CT molecular complexity index is 380. The Kier molecular flexibility index (Phi) is 5.21. The summed E-state index contributed by atoms with van der Waals surface area (Å²) in [6.45, 7) is 0.473. The number of rotatable bonds is 5. The molecule has 0 aromatic heterocycles. The van der Waals surface area contributed by atoms with Crippen LogP contribution in [0.5, 0.6) is 0 Å². The maximum Gasteiger partial charge on any atom is 0.312 e. The second kappa shape index (κ2) is 6.91. The van der Waals surface area contributed by atoms with Crippen molar-refractivity contribution in [3.63, 3.8) is 0 Å². The van der Waals surface area contributed by atoms with Gasteiger partial charge in [0.05, 0.1) is 25.6 Å². The van der Waals surface area contributed by atoms with Gasteiger partial charge in [-0.05, 0) is 38.0 Å². The molecule has 0 heterocycles. The molecule has 4 heteroatoms. The summed E-state index contributed by atoms with van der Waals surface area (Å²) in [5.74, 6) is -0.0824. The number of ether oxygens (including phenoxy) is 2. The average Bonchev–Trinajstić information content (AvgIpc) is 2.95. The molecular formula is C16H24O4. The van der Waals surface area contributed by atoms with Crippen LogP contribution in [0.1, 0.15) is 51.4 Å². The first kappa shape index (κ1) is 15.1. The van der Waals surface area contributed by atoms with E-state index in [0.29, 0.717) is 12.5 Å². The predicted molar refractivity (Wildman–Crippen MR) is 75.0 cm³/mol. The van der Waals surface area contributed by atoms with Crippen LogP contribution in [0.25, 0.3) is 0 Å². The van der Waals surface area contributed by atoms with Crippen molar-refractivity contribution in [1.82, 2.24) is 0 Å². The molecule has 2 rings (SSSR count). The third-order valence-electron chi connectivity index (χ3n) is 4.52. The molecule has 0 spiro atoms. The van der Waals surface area contributed by atoms with E-state index in [1.165, 1.54) is 7.11 Å². The van der Waals surface area contributed by atoms with Gasteiger partial charge in [-0.25, -0.2) is 0 Å². The van der Waals surface area contributed by atoms with Crippen molar-refractivity contribution in [3.05, 3.63) is 12.2 Å². The molecule has 1 fully saturated rings. The van der Waals surface area contributed by atoms with Crippen LogP contribution in [-0.4, -0.2) is 25.7 Å². The summed E-state index contributed by atoms with van der Waals surface area (Å²) >= 11 is 0. The number of carbonyl (C=O) groups excluding carboxylic acids is 2. The van der Waals surface area contributed by atoms with E-state index in [1.807, 2.05) is 0 Å². The Morgan fingerprint density at radius 3 is 2.60 bits per heavy atom. The highest BCUT2D eigenvalue weighted by molar-refractivity contribution is 5.83. The number of hydrogen-bond acceptors (Lipinski definition) is 4. The predicted octanol–water partition coefficient (Wildman–Crippen LogP) is 3.01. The topological polar surface area (TPSA) is 52.6 Å². The minimum atomic E-state index is -0.627. The SMILES string of the molecule is COC(=O)C1(CC(=O)OCC2CC=CCC2)CCCC1. The zero-order chi connectivity index (χ0) is 14.4. The van der Waals surface area contributed by atoms with Gasteiger partial charge in [-0.3, -0.25) is 9.59 Å². The van der Waals surface area contributed by atoms with Gasteiger partial charge in [-0.1, -0.05) is 25.0 Å². The van der Waals surface area contributed by atoms with Crippen LogP contribution in [0.4, 0.5) is 0 Å². The van der Waals surface area contributed by atoms with Crippen LogP contribution >= 0.6 is 0 Å². The molecule has 0 amide bonds. The van der Waals surface area contributed by atoms with Crippen molar-refractivity contribution < 1.29 is 19.1 Å². The Labute approximate surface area is 120 Å². The van der Waals surface area contributed by atoms with Crippen molar-refractivity contribution in [2.24, 2.45) is 11.3 Å². The highest BCUT2D eigenvalue weighted by Gasteiger charge is 2.44. The quantitative estimate of drug-likeness (QED) is 0.574. The summed E-state index contributed by atoms with van der Waals surface area (Å²) in [5, 5.41) is 0. The molecule has 0 aromatic carbocycles. The lowest BCUT2D eigenvalue weighted by Crippen LogP contribution is -2.33. The smallest absolute Gasteiger partial charge is 0.312 e. The summed E-state index contributed by atoms with van der Waals surface area (Å²) in [6.07, 6.45) is 11.0.